The van der Waals surface area contributed by atoms with E-state index in [1.807, 2.05) is 6.07 Å². The van der Waals surface area contributed by atoms with Crippen LogP contribution >= 0.6 is 31.9 Å². The van der Waals surface area contributed by atoms with E-state index in [1.54, 1.807) is 37.5 Å². The van der Waals surface area contributed by atoms with E-state index in [9.17, 15) is 4.79 Å². The number of nitrogens with zero attached hydrogens (tertiary/aromatic N) is 2. The van der Waals surface area contributed by atoms with Crippen LogP contribution in [0.5, 0.6) is 0 Å². The van der Waals surface area contributed by atoms with E-state index >= 15 is 0 Å². The predicted molar refractivity (Wildman–Crippen MR) is 88.3 cm³/mol. The Kier molecular flexibility index (Phi) is 4.94. The van der Waals surface area contributed by atoms with Gasteiger partial charge in [0.25, 0.3) is 5.91 Å². The zero-order valence-electron chi connectivity index (χ0n) is 10.9. The molecule has 0 aliphatic carbocycles. The Bertz CT molecular complexity index is 740. The van der Waals surface area contributed by atoms with Gasteiger partial charge in [-0.2, -0.15) is 5.26 Å². The van der Waals surface area contributed by atoms with Gasteiger partial charge in [0, 0.05) is 22.2 Å². The lowest BCUT2D eigenvalue weighted by atomic mass is 10.1. The maximum absolute atomic E-state index is 12.4. The molecule has 1 heterocycles. The first-order valence-corrected chi connectivity index (χ1v) is 7.48. The number of amides is 1. The molecule has 0 unspecified atom stereocenters. The number of anilines is 2. The number of nitrogens with one attached hydrogen (secondary N) is 2. The first-order chi connectivity index (χ1) is 10.0. The molecule has 106 valence electrons. The fourth-order valence-electron chi connectivity index (χ4n) is 1.72. The molecule has 2 N–H and O–H groups in total. The average Bonchev–Trinajstić information content (AvgIpc) is 2.48. The van der Waals surface area contributed by atoms with Crippen LogP contribution in [-0.4, -0.2) is 17.9 Å². The third-order valence-corrected chi connectivity index (χ3v) is 3.61. The Labute approximate surface area is 138 Å². The molecule has 2 rings (SSSR count). The summed E-state index contributed by atoms with van der Waals surface area (Å²) in [6.07, 6.45) is 1.60. The van der Waals surface area contributed by atoms with E-state index in [4.69, 9.17) is 5.26 Å². The number of halogens is 2. The molecule has 5 nitrogen and oxygen atoms in total. The molecule has 1 aromatic heterocycles. The van der Waals surface area contributed by atoms with Gasteiger partial charge < -0.3 is 10.6 Å². The second-order valence-corrected chi connectivity index (χ2v) is 5.89. The molecule has 0 aliphatic rings. The fourth-order valence-corrected chi connectivity index (χ4v) is 2.41. The SMILES string of the molecule is CNc1ncc(Br)cc1C(=O)Nc1ccc(Br)cc1C#N. The zero-order valence-corrected chi connectivity index (χ0v) is 14.1. The van der Waals surface area contributed by atoms with Gasteiger partial charge in [-0.15, -0.1) is 0 Å². The highest BCUT2D eigenvalue weighted by atomic mass is 79.9. The summed E-state index contributed by atoms with van der Waals surface area (Å²) in [6, 6.07) is 8.79. The van der Waals surface area contributed by atoms with Gasteiger partial charge >= 0.3 is 0 Å². The van der Waals surface area contributed by atoms with Gasteiger partial charge in [0.1, 0.15) is 11.9 Å². The summed E-state index contributed by atoms with van der Waals surface area (Å²) in [7, 11) is 1.69. The molecular weight excluding hydrogens is 400 g/mol. The quantitative estimate of drug-likeness (QED) is 0.808. The van der Waals surface area contributed by atoms with Crippen LogP contribution in [0.15, 0.2) is 39.4 Å². The molecule has 0 bridgehead atoms. The average molecular weight is 410 g/mol. The minimum atomic E-state index is -0.341. The molecule has 0 saturated carbocycles. The van der Waals surface area contributed by atoms with Crippen LogP contribution < -0.4 is 10.6 Å². The van der Waals surface area contributed by atoms with E-state index in [0.717, 1.165) is 4.47 Å². The molecule has 1 amide bonds. The highest BCUT2D eigenvalue weighted by Crippen LogP contribution is 2.23. The molecule has 0 aliphatic heterocycles. The molecule has 0 atom stereocenters. The van der Waals surface area contributed by atoms with Crippen LogP contribution in [-0.2, 0) is 0 Å². The monoisotopic (exact) mass is 408 g/mol. The highest BCUT2D eigenvalue weighted by molar-refractivity contribution is 9.10. The van der Waals surface area contributed by atoms with Gasteiger partial charge in [0.05, 0.1) is 16.8 Å². The number of aromatic nitrogens is 1. The van der Waals surface area contributed by atoms with E-state index in [0.29, 0.717) is 27.1 Å². The van der Waals surface area contributed by atoms with Crippen molar-refractivity contribution in [3.63, 3.8) is 0 Å². The molecule has 2 aromatic rings. The summed E-state index contributed by atoms with van der Waals surface area (Å²) in [5.41, 5.74) is 1.22. The van der Waals surface area contributed by atoms with Crippen LogP contribution in [0, 0.1) is 11.3 Å². The van der Waals surface area contributed by atoms with Crippen molar-refractivity contribution >= 4 is 49.3 Å². The van der Waals surface area contributed by atoms with Gasteiger partial charge in [-0.25, -0.2) is 4.98 Å². The third kappa shape index (κ3) is 3.60. The third-order valence-electron chi connectivity index (χ3n) is 2.69. The molecule has 0 spiro atoms. The molecular formula is C14H10Br2N4O. The van der Waals surface area contributed by atoms with Crippen LogP contribution in [0.4, 0.5) is 11.5 Å². The topological polar surface area (TPSA) is 77.8 Å². The Morgan fingerprint density at radius 2 is 2.05 bits per heavy atom. The fraction of sp³-hybridized carbons (Fsp3) is 0.0714. The van der Waals surface area contributed by atoms with Crippen molar-refractivity contribution in [3.8, 4) is 6.07 Å². The number of hydrogen-bond acceptors (Lipinski definition) is 4. The Balaban J connectivity index is 2.35. The zero-order chi connectivity index (χ0) is 15.4. The van der Waals surface area contributed by atoms with Crippen molar-refractivity contribution in [2.24, 2.45) is 0 Å². The first-order valence-electron chi connectivity index (χ1n) is 5.89. The number of carbonyl (C=O) groups excluding carboxylic acids is 1. The maximum atomic E-state index is 12.4. The highest BCUT2D eigenvalue weighted by Gasteiger charge is 2.14. The Hall–Kier alpha value is -1.91. The standard InChI is InChI=1S/C14H10Br2N4O/c1-18-13-11(5-10(16)7-19-13)14(21)20-12-3-2-9(15)4-8(12)6-17/h2-5,7H,1H3,(H,18,19)(H,20,21). The predicted octanol–water partition coefficient (Wildman–Crippen LogP) is 3.77. The first kappa shape index (κ1) is 15.5. The number of pyridine rings is 1. The van der Waals surface area contributed by atoms with Crippen LogP contribution in [0.2, 0.25) is 0 Å². The second-order valence-electron chi connectivity index (χ2n) is 4.06. The van der Waals surface area contributed by atoms with Crippen molar-refractivity contribution in [2.75, 3.05) is 17.7 Å². The van der Waals surface area contributed by atoms with Crippen molar-refractivity contribution in [1.82, 2.24) is 4.98 Å². The molecule has 7 heteroatoms. The van der Waals surface area contributed by atoms with Gasteiger partial charge in [-0.05, 0) is 40.2 Å². The lowest BCUT2D eigenvalue weighted by molar-refractivity contribution is 0.102. The van der Waals surface area contributed by atoms with Gasteiger partial charge in [0.15, 0.2) is 0 Å². The summed E-state index contributed by atoms with van der Waals surface area (Å²) in [5, 5.41) is 14.7. The van der Waals surface area contributed by atoms with Gasteiger partial charge in [0.2, 0.25) is 0 Å². The molecule has 0 saturated heterocycles. The summed E-state index contributed by atoms with van der Waals surface area (Å²) in [4.78, 5) is 16.5. The largest absolute Gasteiger partial charge is 0.372 e. The van der Waals surface area contributed by atoms with E-state index < -0.39 is 0 Å². The maximum Gasteiger partial charge on any atom is 0.259 e. The summed E-state index contributed by atoms with van der Waals surface area (Å²) in [5.74, 6) is 0.123. The number of rotatable bonds is 3. The van der Waals surface area contributed by atoms with Crippen molar-refractivity contribution < 1.29 is 4.79 Å². The number of nitriles is 1. The van der Waals surface area contributed by atoms with E-state index in [2.05, 4.69) is 47.5 Å². The lowest BCUT2D eigenvalue weighted by Gasteiger charge is -2.10. The van der Waals surface area contributed by atoms with Crippen molar-refractivity contribution in [3.05, 3.63) is 50.5 Å². The number of benzene rings is 1. The lowest BCUT2D eigenvalue weighted by Crippen LogP contribution is -2.15. The van der Waals surface area contributed by atoms with E-state index in [1.165, 1.54) is 0 Å². The van der Waals surface area contributed by atoms with Crippen LogP contribution in [0.3, 0.4) is 0 Å². The minimum absolute atomic E-state index is 0.341. The second kappa shape index (κ2) is 6.70. The van der Waals surface area contributed by atoms with Crippen molar-refractivity contribution in [1.29, 1.82) is 5.26 Å². The molecule has 21 heavy (non-hydrogen) atoms. The van der Waals surface area contributed by atoms with E-state index in [-0.39, 0.29) is 5.91 Å². The molecule has 0 fully saturated rings. The smallest absolute Gasteiger partial charge is 0.259 e. The van der Waals surface area contributed by atoms with Crippen LogP contribution in [0.1, 0.15) is 15.9 Å². The van der Waals surface area contributed by atoms with Gasteiger partial charge in [-0.3, -0.25) is 4.79 Å². The Morgan fingerprint density at radius 3 is 2.71 bits per heavy atom. The minimum Gasteiger partial charge on any atom is -0.372 e. The molecule has 0 radical (unpaired) electrons. The van der Waals surface area contributed by atoms with Crippen LogP contribution in [0.25, 0.3) is 0 Å². The van der Waals surface area contributed by atoms with Crippen molar-refractivity contribution in [2.45, 2.75) is 0 Å². The Morgan fingerprint density at radius 1 is 1.29 bits per heavy atom. The summed E-state index contributed by atoms with van der Waals surface area (Å²) < 4.78 is 1.47. The summed E-state index contributed by atoms with van der Waals surface area (Å²) >= 11 is 6.58. The molecule has 1 aromatic carbocycles. The summed E-state index contributed by atoms with van der Waals surface area (Å²) in [6.45, 7) is 0. The number of carbonyl (C=O) groups is 1. The van der Waals surface area contributed by atoms with Gasteiger partial charge in [-0.1, -0.05) is 15.9 Å². The number of hydrogen-bond donors (Lipinski definition) is 2. The normalized spacial score (nSPS) is 9.81.